The van der Waals surface area contributed by atoms with Crippen molar-refractivity contribution in [1.82, 2.24) is 20.8 Å². The minimum atomic E-state index is -0.513. The van der Waals surface area contributed by atoms with E-state index < -0.39 is 6.09 Å². The van der Waals surface area contributed by atoms with Gasteiger partial charge in [0.15, 0.2) is 0 Å². The van der Waals surface area contributed by atoms with Crippen LogP contribution in [0.1, 0.15) is 53.9 Å². The molecule has 0 aliphatic rings. The van der Waals surface area contributed by atoms with E-state index in [1.165, 1.54) is 18.4 Å². The first-order valence-corrected chi connectivity index (χ1v) is 14.9. The third-order valence-electron chi connectivity index (χ3n) is 6.43. The number of aryl methyl sites for hydroxylation is 1. The Morgan fingerprint density at radius 1 is 1.00 bits per heavy atom. The molecule has 1 aromatic heterocycles. The van der Waals surface area contributed by atoms with E-state index in [0.717, 1.165) is 46.7 Å². The number of hydrogen-bond acceptors (Lipinski definition) is 8. The van der Waals surface area contributed by atoms with Crippen molar-refractivity contribution in [3.63, 3.8) is 0 Å². The molecular formula is C31H40N7O4S+. The zero-order valence-corrected chi connectivity index (χ0v) is 25.6. The minimum Gasteiger partial charge on any atom is -0.453 e. The van der Waals surface area contributed by atoms with Gasteiger partial charge in [-0.2, -0.15) is 0 Å². The van der Waals surface area contributed by atoms with Crippen LogP contribution in [-0.4, -0.2) is 42.3 Å². The first-order valence-electron chi connectivity index (χ1n) is 14.1. The van der Waals surface area contributed by atoms with Crippen molar-refractivity contribution in [1.29, 1.82) is 0 Å². The number of alkyl carbamates (subject to hydrolysis) is 1. The van der Waals surface area contributed by atoms with E-state index in [4.69, 9.17) is 5.73 Å². The number of unbranched alkanes of at least 4 members (excludes halogenated alkanes) is 1. The second kappa shape index (κ2) is 17.4. The Bertz CT molecular complexity index is 1420. The van der Waals surface area contributed by atoms with E-state index in [1.54, 1.807) is 0 Å². The number of allylic oxidation sites excluding steroid dienone is 3. The summed E-state index contributed by atoms with van der Waals surface area (Å²) < 4.78 is 4.64. The summed E-state index contributed by atoms with van der Waals surface area (Å²) in [5, 5.41) is 19.9. The van der Waals surface area contributed by atoms with Gasteiger partial charge in [0.1, 0.15) is 5.01 Å². The smallest absolute Gasteiger partial charge is 0.407 e. The maximum atomic E-state index is 12.6. The minimum absolute atomic E-state index is 0.0796. The van der Waals surface area contributed by atoms with E-state index >= 15 is 0 Å². The molecule has 2 aromatic carbocycles. The molecule has 0 bridgehead atoms. The molecule has 228 valence electrons. The van der Waals surface area contributed by atoms with Crippen molar-refractivity contribution in [2.75, 3.05) is 19.5 Å². The number of carbonyl (C=O) groups is 3. The molecule has 12 heteroatoms. The maximum absolute atomic E-state index is 12.6. The van der Waals surface area contributed by atoms with E-state index in [0.29, 0.717) is 23.8 Å². The normalized spacial score (nSPS) is 12.3. The monoisotopic (exact) mass is 606 g/mol. The maximum Gasteiger partial charge on any atom is 0.407 e. The summed E-state index contributed by atoms with van der Waals surface area (Å²) in [5.74, 6) is 0.425. The number of ether oxygens (including phenoxy) is 1. The lowest BCUT2D eigenvalue weighted by Gasteiger charge is -2.14. The van der Waals surface area contributed by atoms with Crippen LogP contribution in [0.3, 0.4) is 0 Å². The summed E-state index contributed by atoms with van der Waals surface area (Å²) in [6.45, 7) is 1.84. The molecule has 0 fully saturated rings. The molecule has 1 heterocycles. The van der Waals surface area contributed by atoms with Crippen LogP contribution in [0.25, 0.3) is 0 Å². The highest BCUT2D eigenvalue weighted by Gasteiger charge is 2.13. The Balaban J connectivity index is 1.39. The average molecular weight is 607 g/mol. The molecule has 0 saturated heterocycles. The number of nitrogens with zero attached hydrogens (tertiary/aromatic N) is 2. The van der Waals surface area contributed by atoms with Crippen molar-refractivity contribution < 1.29 is 24.4 Å². The summed E-state index contributed by atoms with van der Waals surface area (Å²) in [7, 11) is 3.18. The molecule has 3 aromatic rings. The largest absolute Gasteiger partial charge is 0.453 e. The van der Waals surface area contributed by atoms with Gasteiger partial charge in [-0.3, -0.25) is 14.9 Å². The highest BCUT2D eigenvalue weighted by Crippen LogP contribution is 2.19. The van der Waals surface area contributed by atoms with E-state index in [-0.39, 0.29) is 24.3 Å². The molecule has 11 nitrogen and oxygen atoms in total. The lowest BCUT2D eigenvalue weighted by molar-refractivity contribution is -0.580. The predicted octanol–water partition coefficient (Wildman–Crippen LogP) is 3.09. The van der Waals surface area contributed by atoms with Crippen molar-refractivity contribution in [3.05, 3.63) is 100.0 Å². The van der Waals surface area contributed by atoms with Gasteiger partial charge in [0.05, 0.1) is 33.0 Å². The van der Waals surface area contributed by atoms with Crippen LogP contribution in [0.5, 0.6) is 0 Å². The topological polar surface area (TPSA) is 165 Å². The van der Waals surface area contributed by atoms with Crippen LogP contribution in [0.15, 0.2) is 78.3 Å². The molecule has 7 N–H and O–H groups in total. The van der Waals surface area contributed by atoms with Crippen LogP contribution in [0.4, 0.5) is 9.93 Å². The summed E-state index contributed by atoms with van der Waals surface area (Å²) in [4.78, 5) is 36.4. The highest BCUT2D eigenvalue weighted by molar-refractivity contribution is 7.15. The molecule has 1 unspecified atom stereocenters. The Hall–Kier alpha value is -4.55. The first kappa shape index (κ1) is 33.0. The fourth-order valence-electron chi connectivity index (χ4n) is 4.13. The molecule has 0 radical (unpaired) electrons. The van der Waals surface area contributed by atoms with Crippen LogP contribution in [0.2, 0.25) is 0 Å². The average Bonchev–Trinajstić information content (AvgIpc) is 3.44. The number of rotatable bonds is 15. The number of nitrogens with one attached hydrogen (secondary N) is 3. The zero-order valence-electron chi connectivity index (χ0n) is 24.8. The summed E-state index contributed by atoms with van der Waals surface area (Å²) >= 11 is 1.36. The van der Waals surface area contributed by atoms with Crippen LogP contribution < -0.4 is 27.0 Å². The van der Waals surface area contributed by atoms with Gasteiger partial charge in [0.2, 0.25) is 22.8 Å². The fraction of sp³-hybridized carbons (Fsp3) is 0.323. The van der Waals surface area contributed by atoms with Crippen molar-refractivity contribution in [2.24, 2.45) is 5.73 Å². The van der Waals surface area contributed by atoms with Crippen molar-refractivity contribution in [2.45, 2.75) is 51.5 Å². The number of methoxy groups -OCH3 is 1. The quantitative estimate of drug-likeness (QED) is 0.131. The number of quaternary nitrogens is 1. The van der Waals surface area contributed by atoms with Crippen LogP contribution in [-0.2, 0) is 33.6 Å². The number of carbonyl (C=O) groups excluding carboxylic acids is 3. The Labute approximate surface area is 256 Å². The van der Waals surface area contributed by atoms with Crippen LogP contribution in [0, 0.1) is 0 Å². The SMILES string of the molecule is C[NH2+]/C(=C\C=C(/N)CCCCc1nnc(NC(=O)Cc2cccc(C(C)NC(=O)OC)c2)s1)NC(=O)Cc1ccccc1. The van der Waals surface area contributed by atoms with Crippen LogP contribution >= 0.6 is 11.3 Å². The third kappa shape index (κ3) is 12.1. The number of aromatic nitrogens is 2. The molecule has 3 rings (SSSR count). The third-order valence-corrected chi connectivity index (χ3v) is 7.33. The van der Waals surface area contributed by atoms with Gasteiger partial charge in [-0.05, 0) is 49.0 Å². The Kier molecular flexibility index (Phi) is 13.3. The lowest BCUT2D eigenvalue weighted by Crippen LogP contribution is -2.80. The van der Waals surface area contributed by atoms with Gasteiger partial charge in [0, 0.05) is 18.2 Å². The number of hydrogen-bond donors (Lipinski definition) is 5. The Morgan fingerprint density at radius 2 is 1.74 bits per heavy atom. The van der Waals surface area contributed by atoms with Gasteiger partial charge < -0.3 is 26.4 Å². The van der Waals surface area contributed by atoms with Gasteiger partial charge in [0.25, 0.3) is 0 Å². The standard InChI is InChI=1S/C31H39N7O4S/c1-21(34-31(41)42-3)24-13-9-12-23(18-24)20-28(40)36-30-38-37-29(43-30)15-8-7-14-25(32)16-17-26(33-2)35-27(39)19-22-10-5-4-6-11-22/h4-6,9-13,16-18,21,33H,7-8,14-15,19-20,32H2,1-3H3,(H,34,41)(H,35,39)(H,36,38,40)/p+1/b25-16-,26-17+. The molecule has 43 heavy (non-hydrogen) atoms. The highest BCUT2D eigenvalue weighted by atomic mass is 32.1. The second-order valence-electron chi connectivity index (χ2n) is 9.90. The second-order valence-corrected chi connectivity index (χ2v) is 11.0. The number of anilines is 1. The lowest BCUT2D eigenvalue weighted by atomic mass is 10.0. The van der Waals surface area contributed by atoms with Gasteiger partial charge in [-0.25, -0.2) is 4.79 Å². The molecule has 1 atom stereocenters. The number of nitrogens with two attached hydrogens (primary N) is 2. The molecular weight excluding hydrogens is 566 g/mol. The van der Waals surface area contributed by atoms with Gasteiger partial charge >= 0.3 is 6.09 Å². The molecule has 0 aliphatic heterocycles. The van der Waals surface area contributed by atoms with E-state index in [1.807, 2.05) is 86.0 Å². The van der Waals surface area contributed by atoms with Crippen molar-refractivity contribution >= 4 is 34.4 Å². The molecule has 0 aliphatic carbocycles. The van der Waals surface area contributed by atoms with Crippen molar-refractivity contribution in [3.8, 4) is 0 Å². The summed E-state index contributed by atoms with van der Waals surface area (Å²) in [6.07, 6.45) is 6.77. The van der Waals surface area contributed by atoms with Gasteiger partial charge in [-0.15, -0.1) is 10.2 Å². The summed E-state index contributed by atoms with van der Waals surface area (Å²) in [5.41, 5.74) is 9.55. The van der Waals surface area contributed by atoms with Gasteiger partial charge in [-0.1, -0.05) is 65.9 Å². The Morgan fingerprint density at radius 3 is 2.49 bits per heavy atom. The molecule has 0 spiro atoms. The predicted molar refractivity (Wildman–Crippen MR) is 167 cm³/mol. The zero-order chi connectivity index (χ0) is 31.0. The molecule has 0 saturated carbocycles. The van der Waals surface area contributed by atoms with E-state index in [9.17, 15) is 14.4 Å². The van der Waals surface area contributed by atoms with E-state index in [2.05, 4.69) is 30.9 Å². The number of amides is 3. The number of benzene rings is 2. The first-order chi connectivity index (χ1) is 20.7. The fourth-order valence-corrected chi connectivity index (χ4v) is 4.93. The molecule has 3 amide bonds. The summed E-state index contributed by atoms with van der Waals surface area (Å²) in [6, 6.07) is 16.8.